The zero-order chi connectivity index (χ0) is 12.8. The summed E-state index contributed by atoms with van der Waals surface area (Å²) in [7, 11) is 0. The summed E-state index contributed by atoms with van der Waals surface area (Å²) in [6.45, 7) is 14.4. The lowest BCUT2D eigenvalue weighted by Gasteiger charge is -2.26. The molecule has 0 aromatic heterocycles. The number of hydrogen-bond acceptors (Lipinski definition) is 2. The maximum Gasteiger partial charge on any atom is 0.220 e. The van der Waals surface area contributed by atoms with Crippen LogP contribution in [0.4, 0.5) is 0 Å². The molecule has 16 heavy (non-hydrogen) atoms. The molecule has 0 heterocycles. The van der Waals surface area contributed by atoms with E-state index in [4.69, 9.17) is 0 Å². The summed E-state index contributed by atoms with van der Waals surface area (Å²) < 4.78 is 0. The highest BCUT2D eigenvalue weighted by atomic mass is 16.1. The Morgan fingerprint density at radius 3 is 2.12 bits per heavy atom. The van der Waals surface area contributed by atoms with Crippen molar-refractivity contribution in [3.05, 3.63) is 0 Å². The number of rotatable bonds is 6. The molecule has 0 aliphatic rings. The van der Waals surface area contributed by atoms with Crippen LogP contribution in [0.3, 0.4) is 0 Å². The van der Waals surface area contributed by atoms with Crippen molar-refractivity contribution in [1.29, 1.82) is 0 Å². The normalized spacial score (nSPS) is 13.9. The van der Waals surface area contributed by atoms with Crippen molar-refractivity contribution in [2.24, 2.45) is 11.3 Å². The monoisotopic (exact) mass is 228 g/mol. The standard InChI is InChI=1S/C13H28N2O/c1-10(2)14-7-8-15-12(16)9-11(3)13(4,5)6/h10-11,14H,7-9H2,1-6H3,(H,15,16). The lowest BCUT2D eigenvalue weighted by molar-refractivity contribution is -0.122. The summed E-state index contributed by atoms with van der Waals surface area (Å²) in [4.78, 5) is 11.6. The van der Waals surface area contributed by atoms with Crippen LogP contribution in [-0.2, 0) is 4.79 Å². The lowest BCUT2D eigenvalue weighted by Crippen LogP contribution is -2.36. The van der Waals surface area contributed by atoms with E-state index in [2.05, 4.69) is 52.2 Å². The highest BCUT2D eigenvalue weighted by Gasteiger charge is 2.22. The van der Waals surface area contributed by atoms with Gasteiger partial charge < -0.3 is 10.6 Å². The highest BCUT2D eigenvalue weighted by molar-refractivity contribution is 5.76. The molecule has 1 unspecified atom stereocenters. The SMILES string of the molecule is CC(C)NCCNC(=O)CC(C)C(C)(C)C. The molecule has 3 heteroatoms. The summed E-state index contributed by atoms with van der Waals surface area (Å²) in [5, 5.41) is 6.21. The molecule has 0 spiro atoms. The molecule has 0 fully saturated rings. The van der Waals surface area contributed by atoms with E-state index in [-0.39, 0.29) is 11.3 Å². The number of carbonyl (C=O) groups is 1. The number of nitrogens with one attached hydrogen (secondary N) is 2. The second-order valence-electron chi connectivity index (χ2n) is 5.93. The smallest absolute Gasteiger partial charge is 0.220 e. The molecule has 0 bridgehead atoms. The molecule has 0 saturated heterocycles. The number of carbonyl (C=O) groups excluding carboxylic acids is 1. The molecule has 0 aromatic carbocycles. The summed E-state index contributed by atoms with van der Waals surface area (Å²) in [6, 6.07) is 0.477. The van der Waals surface area contributed by atoms with Crippen LogP contribution in [-0.4, -0.2) is 25.0 Å². The van der Waals surface area contributed by atoms with Crippen molar-refractivity contribution in [3.63, 3.8) is 0 Å². The van der Waals surface area contributed by atoms with Gasteiger partial charge in [-0.15, -0.1) is 0 Å². The minimum Gasteiger partial charge on any atom is -0.355 e. The Balaban J connectivity index is 3.67. The largest absolute Gasteiger partial charge is 0.355 e. The van der Waals surface area contributed by atoms with Crippen LogP contribution in [0.1, 0.15) is 48.0 Å². The number of hydrogen-bond donors (Lipinski definition) is 2. The van der Waals surface area contributed by atoms with Crippen LogP contribution < -0.4 is 10.6 Å². The van der Waals surface area contributed by atoms with E-state index < -0.39 is 0 Å². The van der Waals surface area contributed by atoms with Gasteiger partial charge in [0.2, 0.25) is 5.91 Å². The molecule has 0 saturated carbocycles. The molecule has 1 atom stereocenters. The van der Waals surface area contributed by atoms with Gasteiger partial charge in [-0.2, -0.15) is 0 Å². The Labute approximate surface area is 100 Å². The van der Waals surface area contributed by atoms with E-state index >= 15 is 0 Å². The summed E-state index contributed by atoms with van der Waals surface area (Å²) >= 11 is 0. The average Bonchev–Trinajstić information content (AvgIpc) is 2.10. The predicted octanol–water partition coefficient (Wildman–Crippen LogP) is 2.17. The molecule has 0 aliphatic carbocycles. The Kier molecular flexibility index (Phi) is 6.65. The zero-order valence-corrected chi connectivity index (χ0v) is 11.7. The van der Waals surface area contributed by atoms with Crippen LogP contribution in [0.15, 0.2) is 0 Å². The van der Waals surface area contributed by atoms with Crippen molar-refractivity contribution < 1.29 is 4.79 Å². The molecular weight excluding hydrogens is 200 g/mol. The fourth-order valence-corrected chi connectivity index (χ4v) is 1.22. The molecule has 2 N–H and O–H groups in total. The Morgan fingerprint density at radius 2 is 1.69 bits per heavy atom. The van der Waals surface area contributed by atoms with Gasteiger partial charge in [0.1, 0.15) is 0 Å². The van der Waals surface area contributed by atoms with Crippen LogP contribution in [0, 0.1) is 11.3 Å². The van der Waals surface area contributed by atoms with Crippen LogP contribution in [0.5, 0.6) is 0 Å². The predicted molar refractivity (Wildman–Crippen MR) is 69.4 cm³/mol. The highest BCUT2D eigenvalue weighted by Crippen LogP contribution is 2.27. The maximum atomic E-state index is 11.6. The first-order valence-electron chi connectivity index (χ1n) is 6.23. The van der Waals surface area contributed by atoms with Gasteiger partial charge in [-0.1, -0.05) is 41.5 Å². The fourth-order valence-electron chi connectivity index (χ4n) is 1.22. The lowest BCUT2D eigenvalue weighted by atomic mass is 9.80. The first kappa shape index (κ1) is 15.4. The third-order valence-electron chi connectivity index (χ3n) is 2.97. The second kappa shape index (κ2) is 6.89. The van der Waals surface area contributed by atoms with Gasteiger partial charge in [-0.25, -0.2) is 0 Å². The van der Waals surface area contributed by atoms with E-state index in [0.29, 0.717) is 24.9 Å². The summed E-state index contributed by atoms with van der Waals surface area (Å²) in [5.74, 6) is 0.568. The molecule has 0 aliphatic heterocycles. The van der Waals surface area contributed by atoms with Gasteiger partial charge in [-0.3, -0.25) is 4.79 Å². The van der Waals surface area contributed by atoms with Crippen molar-refractivity contribution in [3.8, 4) is 0 Å². The van der Waals surface area contributed by atoms with E-state index in [1.807, 2.05) is 0 Å². The van der Waals surface area contributed by atoms with Gasteiger partial charge in [0.15, 0.2) is 0 Å². The minimum atomic E-state index is 0.160. The fraction of sp³-hybridized carbons (Fsp3) is 0.923. The van der Waals surface area contributed by atoms with Crippen molar-refractivity contribution in [1.82, 2.24) is 10.6 Å². The Morgan fingerprint density at radius 1 is 1.12 bits per heavy atom. The summed E-state index contributed by atoms with van der Waals surface area (Å²) in [6.07, 6.45) is 0.616. The van der Waals surface area contributed by atoms with Crippen molar-refractivity contribution >= 4 is 5.91 Å². The van der Waals surface area contributed by atoms with Crippen molar-refractivity contribution in [2.75, 3.05) is 13.1 Å². The quantitative estimate of drug-likeness (QED) is 0.684. The van der Waals surface area contributed by atoms with Gasteiger partial charge in [0.05, 0.1) is 0 Å². The zero-order valence-electron chi connectivity index (χ0n) is 11.7. The molecule has 3 nitrogen and oxygen atoms in total. The van der Waals surface area contributed by atoms with Crippen LogP contribution in [0.25, 0.3) is 0 Å². The topological polar surface area (TPSA) is 41.1 Å². The Hall–Kier alpha value is -0.570. The number of amides is 1. The van der Waals surface area contributed by atoms with E-state index in [0.717, 1.165) is 6.54 Å². The average molecular weight is 228 g/mol. The molecular formula is C13H28N2O. The molecule has 1 amide bonds. The van der Waals surface area contributed by atoms with Crippen LogP contribution in [0.2, 0.25) is 0 Å². The van der Waals surface area contributed by atoms with Gasteiger partial charge in [0, 0.05) is 25.6 Å². The van der Waals surface area contributed by atoms with E-state index in [1.165, 1.54) is 0 Å². The van der Waals surface area contributed by atoms with Crippen LogP contribution >= 0.6 is 0 Å². The maximum absolute atomic E-state index is 11.6. The molecule has 0 radical (unpaired) electrons. The van der Waals surface area contributed by atoms with E-state index in [9.17, 15) is 4.79 Å². The first-order chi connectivity index (χ1) is 7.23. The minimum absolute atomic E-state index is 0.160. The second-order valence-corrected chi connectivity index (χ2v) is 5.93. The third-order valence-corrected chi connectivity index (χ3v) is 2.97. The van der Waals surface area contributed by atoms with Gasteiger partial charge in [-0.05, 0) is 11.3 Å². The van der Waals surface area contributed by atoms with E-state index in [1.54, 1.807) is 0 Å². The molecule has 0 rings (SSSR count). The third kappa shape index (κ3) is 7.69. The molecule has 0 aromatic rings. The molecule has 96 valence electrons. The Bertz CT molecular complexity index is 206. The van der Waals surface area contributed by atoms with Gasteiger partial charge >= 0.3 is 0 Å². The first-order valence-corrected chi connectivity index (χ1v) is 6.23. The van der Waals surface area contributed by atoms with Gasteiger partial charge in [0.25, 0.3) is 0 Å². The van der Waals surface area contributed by atoms with Crippen molar-refractivity contribution in [2.45, 2.75) is 54.0 Å². The summed E-state index contributed by atoms with van der Waals surface area (Å²) in [5.41, 5.74) is 0.202.